The predicted octanol–water partition coefficient (Wildman–Crippen LogP) is 3.18. The van der Waals surface area contributed by atoms with Crippen molar-refractivity contribution < 1.29 is 87.1 Å². The van der Waals surface area contributed by atoms with Crippen LogP contribution < -0.4 is 5.32 Å². The zero-order chi connectivity index (χ0) is 47.6. The fourth-order valence-electron chi connectivity index (χ4n) is 9.81. The van der Waals surface area contributed by atoms with Crippen molar-refractivity contribution in [2.45, 2.75) is 148 Å². The highest BCUT2D eigenvalue weighted by Crippen LogP contribution is 2.65. The molecular weight excluding hydrogens is 830 g/mol. The van der Waals surface area contributed by atoms with Gasteiger partial charge in [-0.3, -0.25) is 14.4 Å². The third kappa shape index (κ3) is 8.16. The van der Waals surface area contributed by atoms with Crippen LogP contribution in [-0.2, 0) is 52.3 Å². The molecule has 3 aliphatic carbocycles. The van der Waals surface area contributed by atoms with Crippen LogP contribution in [0.2, 0.25) is 0 Å². The molecule has 3 fully saturated rings. The summed E-state index contributed by atoms with van der Waals surface area (Å²) < 4.78 is 40.3. The zero-order valence-corrected chi connectivity index (χ0v) is 37.6. The molecule has 1 aromatic carbocycles. The average molecular weight is 890 g/mol. The van der Waals surface area contributed by atoms with Crippen molar-refractivity contribution in [3.05, 3.63) is 47.0 Å². The molecule has 2 bridgehead atoms. The number of hydrogen-bond acceptors (Lipinski definition) is 17. The van der Waals surface area contributed by atoms with E-state index in [0.717, 1.165) is 27.9 Å². The first-order chi connectivity index (χ1) is 28.9. The predicted molar refractivity (Wildman–Crippen MR) is 216 cm³/mol. The Kier molecular flexibility index (Phi) is 12.8. The van der Waals surface area contributed by atoms with E-state index in [0.29, 0.717) is 0 Å². The van der Waals surface area contributed by atoms with E-state index in [2.05, 4.69) is 5.32 Å². The monoisotopic (exact) mass is 889 g/mol. The molecule has 348 valence electrons. The van der Waals surface area contributed by atoms with E-state index in [1.807, 2.05) is 0 Å². The quantitative estimate of drug-likeness (QED) is 0.128. The zero-order valence-electron chi connectivity index (χ0n) is 37.6. The molecule has 0 aromatic heterocycles. The number of hydrogen-bond donors (Lipinski definition) is 5. The van der Waals surface area contributed by atoms with E-state index in [1.165, 1.54) is 46.8 Å². The summed E-state index contributed by atoms with van der Waals surface area (Å²) in [4.78, 5) is 95.9. The lowest BCUT2D eigenvalue weighted by Crippen LogP contribution is -2.82. The minimum absolute atomic E-state index is 0.00266. The Morgan fingerprint density at radius 3 is 2.06 bits per heavy atom. The number of esters is 3. The molecule has 5 rings (SSSR count). The number of amides is 1. The second-order valence-corrected chi connectivity index (χ2v) is 19.4. The lowest BCUT2D eigenvalue weighted by atomic mass is 9.44. The number of Topliss-reactive ketones (excluding diaryl/α,β-unsaturated/α-hetero) is 1. The first-order valence-electron chi connectivity index (χ1n) is 20.5. The maximum atomic E-state index is 15.6. The van der Waals surface area contributed by atoms with Gasteiger partial charge in [-0.15, -0.1) is 0 Å². The van der Waals surface area contributed by atoms with E-state index < -0.39 is 136 Å². The van der Waals surface area contributed by atoms with Crippen molar-refractivity contribution in [3.8, 4) is 0 Å². The Bertz CT molecular complexity index is 2070. The summed E-state index contributed by atoms with van der Waals surface area (Å²) in [5.74, 6) is -7.69. The number of benzene rings is 1. The van der Waals surface area contributed by atoms with E-state index in [9.17, 15) is 49.2 Å². The molecule has 0 spiro atoms. The lowest BCUT2D eigenvalue weighted by molar-refractivity contribution is -0.345. The van der Waals surface area contributed by atoms with Gasteiger partial charge in [0.15, 0.2) is 23.6 Å². The van der Waals surface area contributed by atoms with Gasteiger partial charge in [-0.2, -0.15) is 0 Å². The number of fused-ring (bicyclic) bond motifs is 5. The molecule has 1 heterocycles. The van der Waals surface area contributed by atoms with Gasteiger partial charge in [-0.25, -0.2) is 19.2 Å². The number of aliphatic hydroxyl groups excluding tert-OH is 2. The van der Waals surface area contributed by atoms with E-state index in [-0.39, 0.29) is 23.1 Å². The number of rotatable bonds is 10. The van der Waals surface area contributed by atoms with E-state index in [1.54, 1.807) is 39.0 Å². The average Bonchev–Trinajstić information content (AvgIpc) is 3.17. The topological polar surface area (TPSA) is 277 Å². The Balaban J connectivity index is 1.79. The number of aliphatic carboxylic acids is 1. The summed E-state index contributed by atoms with van der Waals surface area (Å²) in [6, 6.07) is 5.70. The summed E-state index contributed by atoms with van der Waals surface area (Å²) >= 11 is 0. The van der Waals surface area contributed by atoms with Crippen LogP contribution in [-0.4, -0.2) is 135 Å². The Morgan fingerprint density at radius 2 is 1.56 bits per heavy atom. The highest BCUT2D eigenvalue weighted by Gasteiger charge is 2.79. The number of ether oxygens (including phenoxy) is 7. The van der Waals surface area contributed by atoms with Crippen LogP contribution in [0.3, 0.4) is 0 Å². The SMILES string of the molecule is COC(=O)O[C@@]12CO[C@@H]1CC(O)[C@@]1(C)C(=O)[C@H](OC(C)=O)C3=C(C)[C@@](C)(OC(=O)[C@H](O)[C@@H](NC(=O)OC(C)(C)C)C(C)(C)C(=O)O)C[C@@](O)(C(OC(=O)c4ccccc4)C12)C3(C)C. The summed E-state index contributed by atoms with van der Waals surface area (Å²) in [5, 5.41) is 50.0. The van der Waals surface area contributed by atoms with Crippen molar-refractivity contribution in [3.63, 3.8) is 0 Å². The first kappa shape index (κ1) is 48.9. The summed E-state index contributed by atoms with van der Waals surface area (Å²) in [6.07, 6.45) is -12.6. The number of carbonyl (C=O) groups is 7. The highest BCUT2D eigenvalue weighted by molar-refractivity contribution is 5.96. The lowest BCUT2D eigenvalue weighted by Gasteiger charge is -2.67. The second-order valence-electron chi connectivity index (χ2n) is 19.4. The number of nitrogens with one attached hydrogen (secondary N) is 1. The molecule has 4 aliphatic rings. The molecule has 0 radical (unpaired) electrons. The fourth-order valence-corrected chi connectivity index (χ4v) is 9.81. The Morgan fingerprint density at radius 1 is 0.952 bits per heavy atom. The van der Waals surface area contributed by atoms with Gasteiger partial charge in [0.25, 0.3) is 0 Å². The molecule has 3 unspecified atom stereocenters. The molecule has 5 N–H and O–H groups in total. The Hall–Kier alpha value is -5.11. The summed E-state index contributed by atoms with van der Waals surface area (Å²) in [5.41, 5.74) is -13.9. The van der Waals surface area contributed by atoms with Gasteiger partial charge < -0.3 is 58.9 Å². The first-order valence-corrected chi connectivity index (χ1v) is 20.5. The normalized spacial score (nSPS) is 33.3. The third-order valence-electron chi connectivity index (χ3n) is 13.6. The van der Waals surface area contributed by atoms with Crippen molar-refractivity contribution >= 4 is 41.9 Å². The number of carboxylic acids is 1. The Labute approximate surface area is 364 Å². The van der Waals surface area contributed by atoms with Crippen molar-refractivity contribution in [2.24, 2.45) is 22.2 Å². The van der Waals surface area contributed by atoms with Gasteiger partial charge in [0, 0.05) is 25.2 Å². The molecule has 1 amide bonds. The maximum Gasteiger partial charge on any atom is 0.508 e. The number of carboxylic acid groups (broad SMARTS) is 1. The molecule has 63 heavy (non-hydrogen) atoms. The second kappa shape index (κ2) is 16.5. The fraction of sp³-hybridized carbons (Fsp3) is 0.659. The van der Waals surface area contributed by atoms with Gasteiger partial charge >= 0.3 is 36.1 Å². The van der Waals surface area contributed by atoms with Crippen LogP contribution in [0, 0.1) is 22.2 Å². The minimum atomic E-state index is -2.56. The number of aliphatic hydroxyl groups is 3. The van der Waals surface area contributed by atoms with Gasteiger partial charge in [0.2, 0.25) is 0 Å². The molecule has 1 aromatic rings. The van der Waals surface area contributed by atoms with Gasteiger partial charge in [0.05, 0.1) is 48.2 Å². The number of ketones is 1. The summed E-state index contributed by atoms with van der Waals surface area (Å²) in [7, 11) is 1.04. The molecule has 2 saturated carbocycles. The molecule has 19 nitrogen and oxygen atoms in total. The van der Waals surface area contributed by atoms with Crippen LogP contribution in [0.4, 0.5) is 9.59 Å². The standard InChI is InChI=1S/C44H59NO18/c1-21-26-28(59-22(2)46)31(49)42(11)24(47)18-25-43(20-58-25,63-37(55)57-12)29(42)32(60-33(50)23-16-14-13-15-17-23)44(56,40(26,8)9)19-41(21,10)61-34(51)27(48)30(39(6,7)35(52)53)45-36(54)62-38(3,4)5/h13-17,24-25,27-30,32,47-48,56H,18-20H2,1-12H3,(H,45,54)(H,52,53)/t24?,25-,27-,28-,29?,30-,32?,41+,42-,43+,44-/m1/s1. The molecular formula is C44H59NO18. The van der Waals surface area contributed by atoms with Gasteiger partial charge in [-0.1, -0.05) is 32.0 Å². The largest absolute Gasteiger partial charge is 0.508 e. The maximum absolute atomic E-state index is 15.6. The number of alkyl carbamates (subject to hydrolysis) is 1. The van der Waals surface area contributed by atoms with Crippen LogP contribution in [0.5, 0.6) is 0 Å². The number of carbonyl (C=O) groups excluding carboxylic acids is 6. The minimum Gasteiger partial charge on any atom is -0.481 e. The van der Waals surface area contributed by atoms with Crippen LogP contribution in [0.15, 0.2) is 41.5 Å². The van der Waals surface area contributed by atoms with Crippen LogP contribution in [0.1, 0.15) is 99.4 Å². The van der Waals surface area contributed by atoms with Gasteiger partial charge in [0.1, 0.15) is 29.0 Å². The molecule has 1 aliphatic heterocycles. The smallest absolute Gasteiger partial charge is 0.481 e. The van der Waals surface area contributed by atoms with E-state index in [4.69, 9.17) is 33.2 Å². The van der Waals surface area contributed by atoms with E-state index >= 15 is 4.79 Å². The molecule has 19 heteroatoms. The highest BCUT2D eigenvalue weighted by atomic mass is 16.8. The van der Waals surface area contributed by atoms with Crippen molar-refractivity contribution in [1.29, 1.82) is 0 Å². The molecule has 11 atom stereocenters. The van der Waals surface area contributed by atoms with Crippen molar-refractivity contribution in [1.82, 2.24) is 5.32 Å². The van der Waals surface area contributed by atoms with Crippen LogP contribution in [0.25, 0.3) is 0 Å². The third-order valence-corrected chi connectivity index (χ3v) is 13.6. The molecule has 1 saturated heterocycles. The number of methoxy groups -OCH3 is 1. The van der Waals surface area contributed by atoms with Crippen LogP contribution >= 0.6 is 0 Å². The van der Waals surface area contributed by atoms with Gasteiger partial charge in [-0.05, 0) is 78.7 Å². The van der Waals surface area contributed by atoms with Crippen molar-refractivity contribution in [2.75, 3.05) is 13.7 Å². The summed E-state index contributed by atoms with van der Waals surface area (Å²) in [6.45, 7) is 14.5.